The maximum atomic E-state index is 15.7. The average molecular weight is 662 g/mol. The van der Waals surface area contributed by atoms with Crippen LogP contribution >= 0.6 is 11.3 Å². The van der Waals surface area contributed by atoms with Crippen LogP contribution in [-0.2, 0) is 19.4 Å². The summed E-state index contributed by atoms with van der Waals surface area (Å²) < 4.78 is 17.1. The maximum absolute atomic E-state index is 15.7. The van der Waals surface area contributed by atoms with Crippen LogP contribution in [-0.4, -0.2) is 75.9 Å². The molecule has 0 aliphatic carbocycles. The van der Waals surface area contributed by atoms with Gasteiger partial charge in [0.1, 0.15) is 0 Å². The molecule has 3 heterocycles. The van der Waals surface area contributed by atoms with Crippen LogP contribution in [0.1, 0.15) is 12.5 Å². The molecule has 2 amide bonds. The number of benzene rings is 1. The van der Waals surface area contributed by atoms with Gasteiger partial charge in [0.2, 0.25) is 0 Å². The Morgan fingerprint density at radius 1 is 1.34 bits per heavy atom. The number of thiazole rings is 1. The zero-order chi connectivity index (χ0) is 24.9. The van der Waals surface area contributed by atoms with Gasteiger partial charge < -0.3 is 0 Å². The molecule has 0 saturated carbocycles. The third kappa shape index (κ3) is 5.95. The van der Waals surface area contributed by atoms with E-state index in [1.54, 1.807) is 12.3 Å². The van der Waals surface area contributed by atoms with Crippen LogP contribution in [0.2, 0.25) is 0 Å². The predicted octanol–water partition coefficient (Wildman–Crippen LogP) is 3.41. The van der Waals surface area contributed by atoms with Gasteiger partial charge in [0.25, 0.3) is 0 Å². The van der Waals surface area contributed by atoms with Gasteiger partial charge in [-0.05, 0) is 6.92 Å². The molecule has 8 nitrogen and oxygen atoms in total. The van der Waals surface area contributed by atoms with Crippen molar-refractivity contribution in [3.8, 4) is 11.3 Å². The van der Waals surface area contributed by atoms with Gasteiger partial charge in [0.15, 0.2) is 0 Å². The number of nitrogens with zero attached hydrogens (tertiary/aromatic N) is 5. The quantitative estimate of drug-likeness (QED) is 0.300. The molecule has 11 heteroatoms. The Labute approximate surface area is 218 Å². The number of amides is 2. The van der Waals surface area contributed by atoms with E-state index in [4.69, 9.17) is 6.58 Å². The van der Waals surface area contributed by atoms with Crippen LogP contribution < -0.4 is 10.6 Å². The number of carbonyl (C=O) groups is 1. The molecule has 3 aromatic rings. The molecule has 4 rings (SSSR count). The molecule has 2 N–H and O–H groups in total. The van der Waals surface area contributed by atoms with Crippen LogP contribution in [0.15, 0.2) is 35.5 Å². The molecule has 0 atom stereocenters. The number of hydrogen-bond acceptors (Lipinski definition) is 7. The molecule has 1 aromatic carbocycles. The first-order chi connectivity index (χ1) is 16.9. The van der Waals surface area contributed by atoms with Gasteiger partial charge >= 0.3 is 205 Å². The number of anilines is 1. The number of carbonyl (C=O) groups excluding carboxylic acids is 1. The topological polar surface area (TPSA) is 85.8 Å². The molecule has 2 aromatic heterocycles. The molecular formula is C24H25FN7OSW-. The average Bonchev–Trinajstić information content (AvgIpc) is 3.27. The van der Waals surface area contributed by atoms with Crippen molar-refractivity contribution in [1.29, 1.82) is 0 Å². The SMILES string of the molecule is [CH-]=C(C=N[C](=[W])N1CCN(C)CC1)c1cc(-c2ccccn2)c2sc(NC(=O)NCC)nc2c1F. The summed E-state index contributed by atoms with van der Waals surface area (Å²) in [5, 5.41) is 5.60. The van der Waals surface area contributed by atoms with Crippen LogP contribution in [0.25, 0.3) is 27.0 Å². The fraction of sp³-hybridized carbons (Fsp3) is 0.292. The third-order valence-corrected chi connectivity index (χ3v) is 7.81. The zero-order valence-corrected chi connectivity index (χ0v) is 23.2. The van der Waals surface area contributed by atoms with E-state index in [2.05, 4.69) is 42.4 Å². The summed E-state index contributed by atoms with van der Waals surface area (Å²) in [6, 6.07) is 6.78. The molecule has 0 radical (unpaired) electrons. The Morgan fingerprint density at radius 2 is 2.11 bits per heavy atom. The molecule has 1 aliphatic rings. The Morgan fingerprint density at radius 3 is 2.80 bits per heavy atom. The minimum absolute atomic E-state index is 0.127. The van der Waals surface area contributed by atoms with E-state index < -0.39 is 11.8 Å². The number of pyridine rings is 1. The van der Waals surface area contributed by atoms with Crippen LogP contribution in [0.4, 0.5) is 14.3 Å². The van der Waals surface area contributed by atoms with Crippen molar-refractivity contribution in [2.24, 2.45) is 4.99 Å². The first kappa shape index (κ1) is 25.4. The molecule has 1 saturated heterocycles. The van der Waals surface area contributed by atoms with Gasteiger partial charge in [-0.1, -0.05) is 0 Å². The number of aliphatic imine (C=N–C) groups is 1. The number of halogens is 1. The number of rotatable bonds is 7. The summed E-state index contributed by atoms with van der Waals surface area (Å²) in [6.45, 7) is 12.4. The number of piperazine rings is 1. The molecule has 35 heavy (non-hydrogen) atoms. The summed E-state index contributed by atoms with van der Waals surface area (Å²) in [4.78, 5) is 29.8. The molecule has 1 fully saturated rings. The summed E-state index contributed by atoms with van der Waals surface area (Å²) in [6.07, 6.45) is 3.18. The van der Waals surface area contributed by atoms with E-state index in [-0.39, 0.29) is 21.8 Å². The van der Waals surface area contributed by atoms with Crippen molar-refractivity contribution in [2.75, 3.05) is 45.1 Å². The molecular weight excluding hydrogens is 637 g/mol. The van der Waals surface area contributed by atoms with Gasteiger partial charge in [-0.3, -0.25) is 0 Å². The number of allylic oxidation sites excluding steroid dienone is 1. The first-order valence-corrected chi connectivity index (χ1v) is 13.4. The normalized spacial score (nSPS) is 14.9. The number of likely N-dealkylation sites (N-methyl/N-ethyl adjacent to an activating group) is 1. The van der Waals surface area contributed by atoms with Crippen molar-refractivity contribution in [1.82, 2.24) is 25.1 Å². The zero-order valence-electron chi connectivity index (χ0n) is 19.4. The van der Waals surface area contributed by atoms with Crippen molar-refractivity contribution in [3.63, 3.8) is 0 Å². The second-order valence-electron chi connectivity index (χ2n) is 7.97. The second kappa shape index (κ2) is 11.4. The Hall–Kier alpha value is -2.65. The Bertz CT molecular complexity index is 1290. The van der Waals surface area contributed by atoms with Gasteiger partial charge in [0.05, 0.1) is 0 Å². The van der Waals surface area contributed by atoms with Crippen molar-refractivity contribution < 1.29 is 28.5 Å². The molecule has 1 aliphatic heterocycles. The minimum atomic E-state index is -0.562. The number of aromatic nitrogens is 2. The first-order valence-electron chi connectivity index (χ1n) is 11.1. The van der Waals surface area contributed by atoms with Gasteiger partial charge in [0, 0.05) is 6.54 Å². The summed E-state index contributed by atoms with van der Waals surface area (Å²) in [5.41, 5.74) is 1.85. The van der Waals surface area contributed by atoms with E-state index >= 15 is 4.39 Å². The van der Waals surface area contributed by atoms with E-state index in [1.165, 1.54) is 36.9 Å². The number of hydrogen-bond donors (Lipinski definition) is 2. The van der Waals surface area contributed by atoms with Crippen molar-refractivity contribution in [3.05, 3.63) is 48.4 Å². The summed E-state index contributed by atoms with van der Waals surface area (Å²) in [5.74, 6) is -0.562. The van der Waals surface area contributed by atoms with Crippen molar-refractivity contribution >= 4 is 48.6 Å². The van der Waals surface area contributed by atoms with Crippen LogP contribution in [0.3, 0.4) is 0 Å². The second-order valence-corrected chi connectivity index (χ2v) is 10.3. The standard InChI is InChI=1S/C24H25FN7OS.W/c1-4-27-23(33)30-24-29-21-20(25)17(13-18(22(21)34-24)19-7-5-6-8-28-19)16(2)14-26-15-32-11-9-31(3)10-12-32;/h2,5-8,13-14H,4,9-12H2,1,3H3,(H2,27,29,30,33);/q-1;. The van der Waals surface area contributed by atoms with E-state index in [0.29, 0.717) is 22.5 Å². The van der Waals surface area contributed by atoms with Gasteiger partial charge in [-0.15, -0.1) is 0 Å². The number of urea groups is 1. The molecule has 0 bridgehead atoms. The summed E-state index contributed by atoms with van der Waals surface area (Å²) in [7, 11) is 2.10. The van der Waals surface area contributed by atoms with Crippen LogP contribution in [0, 0.1) is 12.4 Å². The van der Waals surface area contributed by atoms with Crippen molar-refractivity contribution in [2.45, 2.75) is 6.92 Å². The molecule has 0 unspecified atom stereocenters. The Balaban J connectivity index is 1.69. The van der Waals surface area contributed by atoms with E-state index in [1.807, 2.05) is 25.1 Å². The summed E-state index contributed by atoms with van der Waals surface area (Å²) >= 11 is 2.41. The monoisotopic (exact) mass is 662 g/mol. The molecule has 182 valence electrons. The third-order valence-electron chi connectivity index (χ3n) is 5.50. The molecule has 0 spiro atoms. The number of nitrogens with one attached hydrogen (secondary N) is 2. The Kier molecular flexibility index (Phi) is 8.28. The fourth-order valence-electron chi connectivity index (χ4n) is 3.60. The fourth-order valence-corrected chi connectivity index (χ4v) is 5.43. The van der Waals surface area contributed by atoms with E-state index in [0.717, 1.165) is 30.3 Å². The van der Waals surface area contributed by atoms with Crippen LogP contribution in [0.5, 0.6) is 0 Å². The van der Waals surface area contributed by atoms with Gasteiger partial charge in [-0.25, -0.2) is 0 Å². The number of fused-ring (bicyclic) bond motifs is 1. The predicted molar refractivity (Wildman–Crippen MR) is 136 cm³/mol. The van der Waals surface area contributed by atoms with E-state index in [9.17, 15) is 4.79 Å². The van der Waals surface area contributed by atoms with Gasteiger partial charge in [-0.2, -0.15) is 0 Å².